The lowest BCUT2D eigenvalue weighted by molar-refractivity contribution is 0.867. The van der Waals surface area contributed by atoms with Crippen molar-refractivity contribution in [3.63, 3.8) is 0 Å². The van der Waals surface area contributed by atoms with E-state index in [9.17, 15) is 0 Å². The lowest BCUT2D eigenvalue weighted by Gasteiger charge is -2.14. The quantitative estimate of drug-likeness (QED) is 0.228. The third kappa shape index (κ3) is 10.0. The summed E-state index contributed by atoms with van der Waals surface area (Å²) in [5.74, 6) is -0.217. The predicted molar refractivity (Wildman–Crippen MR) is 146 cm³/mol. The minimum absolute atomic E-state index is 0.00678. The Bertz CT molecular complexity index is 1200. The summed E-state index contributed by atoms with van der Waals surface area (Å²) in [5, 5.41) is 1.29. The fourth-order valence-corrected chi connectivity index (χ4v) is 2.97. The van der Waals surface area contributed by atoms with E-state index in [1.165, 1.54) is 0 Å². The molecule has 182 valence electrons. The second-order valence-electron chi connectivity index (χ2n) is 6.87. The molecule has 0 saturated heterocycles. The van der Waals surface area contributed by atoms with Crippen LogP contribution in [0.3, 0.4) is 0 Å². The third-order valence-corrected chi connectivity index (χ3v) is 4.62. The summed E-state index contributed by atoms with van der Waals surface area (Å²) < 4.78 is 0. The molecule has 10 nitrogen and oxygen atoms in total. The fraction of sp³-hybridized carbons (Fsp3) is 0.0435. The van der Waals surface area contributed by atoms with Crippen molar-refractivity contribution in [2.45, 2.75) is 6.04 Å². The van der Waals surface area contributed by atoms with Crippen LogP contribution in [0.4, 0.5) is 5.69 Å². The van der Waals surface area contributed by atoms with Crippen molar-refractivity contribution in [2.75, 3.05) is 0 Å². The Balaban J connectivity index is 0.000000269. The van der Waals surface area contributed by atoms with Gasteiger partial charge in [0.15, 0.2) is 11.9 Å². The second-order valence-corrected chi connectivity index (χ2v) is 7.74. The highest BCUT2D eigenvalue weighted by molar-refractivity contribution is 6.30. The summed E-state index contributed by atoms with van der Waals surface area (Å²) >= 11 is 11.6. The summed E-state index contributed by atoms with van der Waals surface area (Å²) in [6.07, 6.45) is 0. The van der Waals surface area contributed by atoms with E-state index in [1.807, 2.05) is 42.5 Å². The van der Waals surface area contributed by atoms with Crippen LogP contribution in [0.15, 0.2) is 98.8 Å². The van der Waals surface area contributed by atoms with Crippen LogP contribution in [-0.4, -0.2) is 23.8 Å². The maximum absolute atomic E-state index is 5.92. The van der Waals surface area contributed by atoms with Crippen molar-refractivity contribution in [3.05, 3.63) is 100 Å². The number of benzene rings is 3. The van der Waals surface area contributed by atoms with E-state index in [2.05, 4.69) is 20.0 Å². The van der Waals surface area contributed by atoms with Gasteiger partial charge in [0.05, 0.1) is 5.69 Å². The fourth-order valence-electron chi connectivity index (χ4n) is 2.72. The van der Waals surface area contributed by atoms with E-state index in [4.69, 9.17) is 57.6 Å². The number of hydrogen-bond donors (Lipinski definition) is 6. The van der Waals surface area contributed by atoms with E-state index < -0.39 is 0 Å². The molecule has 0 radical (unpaired) electrons. The predicted octanol–water partition coefficient (Wildman–Crippen LogP) is 2.58. The molecule has 12 N–H and O–H groups in total. The SMILES string of the molecule is NC(N)=NC(N)=NC(c1ccccc1)c1ccc(Cl)cc1.NC(N)=NC(N)=Nc1ccc(Cl)cc1. The molecule has 3 rings (SSSR count). The number of nitrogens with two attached hydrogens (primary N) is 6. The summed E-state index contributed by atoms with van der Waals surface area (Å²) in [7, 11) is 0. The molecule has 0 aliphatic carbocycles. The summed E-state index contributed by atoms with van der Waals surface area (Å²) in [6, 6.07) is 23.6. The first-order chi connectivity index (χ1) is 16.6. The van der Waals surface area contributed by atoms with Gasteiger partial charge in [-0.1, -0.05) is 65.7 Å². The Morgan fingerprint density at radius 1 is 0.571 bits per heavy atom. The number of nitrogens with zero attached hydrogens (tertiary/aromatic N) is 4. The normalized spacial score (nSPS) is 12.1. The van der Waals surface area contributed by atoms with Crippen LogP contribution in [0.2, 0.25) is 10.0 Å². The zero-order valence-corrected chi connectivity index (χ0v) is 20.1. The van der Waals surface area contributed by atoms with Gasteiger partial charge >= 0.3 is 0 Å². The first kappa shape index (κ1) is 27.0. The van der Waals surface area contributed by atoms with Gasteiger partial charge in [-0.3, -0.25) is 0 Å². The molecule has 0 amide bonds. The van der Waals surface area contributed by atoms with Crippen molar-refractivity contribution in [3.8, 4) is 0 Å². The Hall–Kier alpha value is -4.28. The van der Waals surface area contributed by atoms with E-state index >= 15 is 0 Å². The van der Waals surface area contributed by atoms with Crippen LogP contribution in [-0.2, 0) is 0 Å². The Morgan fingerprint density at radius 2 is 1.03 bits per heavy atom. The molecule has 0 aliphatic heterocycles. The molecule has 0 heterocycles. The average molecular weight is 513 g/mol. The lowest BCUT2D eigenvalue weighted by atomic mass is 9.99. The van der Waals surface area contributed by atoms with Crippen LogP contribution in [0.1, 0.15) is 17.2 Å². The Kier molecular flexibility index (Phi) is 10.3. The zero-order chi connectivity index (χ0) is 25.8. The van der Waals surface area contributed by atoms with Gasteiger partial charge in [-0.15, -0.1) is 0 Å². The number of halogens is 2. The Morgan fingerprint density at radius 3 is 1.54 bits per heavy atom. The standard InChI is InChI=1S/C15H16ClN5.C8H10ClN5/c16-12-8-6-11(7-9-12)13(10-4-2-1-3-5-10)20-15(19)21-14(17)18;9-5-1-3-6(4-2-5)13-8(12)14-7(10)11/h1-9,13H,(H6,17,18,19,20,21);1-4H,(H6,10,11,12,13,14). The summed E-state index contributed by atoms with van der Waals surface area (Å²) in [5.41, 5.74) is 34.6. The van der Waals surface area contributed by atoms with Crippen molar-refractivity contribution < 1.29 is 0 Å². The number of hydrogen-bond acceptors (Lipinski definition) is 2. The first-order valence-corrected chi connectivity index (χ1v) is 10.8. The molecule has 0 aliphatic rings. The van der Waals surface area contributed by atoms with Crippen LogP contribution in [0, 0.1) is 0 Å². The monoisotopic (exact) mass is 512 g/mol. The molecule has 0 bridgehead atoms. The maximum atomic E-state index is 5.92. The highest BCUT2D eigenvalue weighted by Gasteiger charge is 2.13. The molecule has 0 fully saturated rings. The van der Waals surface area contributed by atoms with Crippen molar-refractivity contribution in [1.29, 1.82) is 0 Å². The molecule has 0 saturated carbocycles. The van der Waals surface area contributed by atoms with Gasteiger partial charge in [-0.05, 0) is 47.5 Å². The molecular weight excluding hydrogens is 487 g/mol. The number of aliphatic imine (C=N–C) groups is 4. The first-order valence-electron chi connectivity index (χ1n) is 10.1. The van der Waals surface area contributed by atoms with Gasteiger partial charge < -0.3 is 34.4 Å². The van der Waals surface area contributed by atoms with Gasteiger partial charge in [0.25, 0.3) is 0 Å². The minimum atomic E-state index is -0.299. The highest BCUT2D eigenvalue weighted by Crippen LogP contribution is 2.27. The van der Waals surface area contributed by atoms with Gasteiger partial charge in [-0.25, -0.2) is 9.98 Å². The summed E-state index contributed by atoms with van der Waals surface area (Å²) in [4.78, 5) is 15.6. The molecule has 3 aromatic rings. The number of guanidine groups is 4. The molecule has 0 aromatic heterocycles. The van der Waals surface area contributed by atoms with Gasteiger partial charge in [0.2, 0.25) is 11.9 Å². The maximum Gasteiger partial charge on any atom is 0.223 e. The second kappa shape index (κ2) is 13.4. The Labute approximate surface area is 213 Å². The van der Waals surface area contributed by atoms with Crippen molar-refractivity contribution >= 4 is 52.7 Å². The zero-order valence-electron chi connectivity index (χ0n) is 18.6. The van der Waals surface area contributed by atoms with Crippen LogP contribution in [0.25, 0.3) is 0 Å². The van der Waals surface area contributed by atoms with Gasteiger partial charge in [-0.2, -0.15) is 9.98 Å². The highest BCUT2D eigenvalue weighted by atomic mass is 35.5. The topological polar surface area (TPSA) is 206 Å². The number of rotatable bonds is 4. The van der Waals surface area contributed by atoms with Gasteiger partial charge in [0.1, 0.15) is 6.04 Å². The van der Waals surface area contributed by atoms with Crippen LogP contribution < -0.4 is 34.4 Å². The summed E-state index contributed by atoms with van der Waals surface area (Å²) in [6.45, 7) is 0. The van der Waals surface area contributed by atoms with E-state index in [0.29, 0.717) is 15.7 Å². The van der Waals surface area contributed by atoms with E-state index in [1.54, 1.807) is 36.4 Å². The molecule has 12 heteroatoms. The lowest BCUT2D eigenvalue weighted by Crippen LogP contribution is -2.26. The van der Waals surface area contributed by atoms with Crippen molar-refractivity contribution in [2.24, 2.45) is 54.4 Å². The molecule has 35 heavy (non-hydrogen) atoms. The minimum Gasteiger partial charge on any atom is -0.370 e. The van der Waals surface area contributed by atoms with E-state index in [-0.39, 0.29) is 29.9 Å². The smallest absolute Gasteiger partial charge is 0.223 e. The van der Waals surface area contributed by atoms with Crippen LogP contribution in [0.5, 0.6) is 0 Å². The van der Waals surface area contributed by atoms with Crippen LogP contribution >= 0.6 is 23.2 Å². The van der Waals surface area contributed by atoms with E-state index in [0.717, 1.165) is 11.1 Å². The molecular formula is C23H26Cl2N10. The molecule has 0 spiro atoms. The molecule has 1 atom stereocenters. The largest absolute Gasteiger partial charge is 0.370 e. The molecule has 1 unspecified atom stereocenters. The van der Waals surface area contributed by atoms with Crippen molar-refractivity contribution in [1.82, 2.24) is 0 Å². The third-order valence-electron chi connectivity index (χ3n) is 4.12. The average Bonchev–Trinajstić information content (AvgIpc) is 2.80. The molecule has 3 aromatic carbocycles. The van der Waals surface area contributed by atoms with Gasteiger partial charge in [0, 0.05) is 10.0 Å².